The van der Waals surface area contributed by atoms with Gasteiger partial charge in [-0.15, -0.1) is 0 Å². The van der Waals surface area contributed by atoms with Crippen molar-refractivity contribution in [1.29, 1.82) is 0 Å². The lowest BCUT2D eigenvalue weighted by Gasteiger charge is -2.04. The summed E-state index contributed by atoms with van der Waals surface area (Å²) >= 11 is 3.27. The Morgan fingerprint density at radius 1 is 0.957 bits per heavy atom. The maximum absolute atomic E-state index is 11.0. The molecule has 4 nitrogen and oxygen atoms in total. The average molecular weight is 368 g/mol. The van der Waals surface area contributed by atoms with Crippen LogP contribution in [-0.4, -0.2) is 4.92 Å². The van der Waals surface area contributed by atoms with Crippen molar-refractivity contribution >= 4 is 43.6 Å². The van der Waals surface area contributed by atoms with Gasteiger partial charge in [0, 0.05) is 22.4 Å². The van der Waals surface area contributed by atoms with Crippen LogP contribution in [0.15, 0.2) is 69.6 Å². The third-order valence-electron chi connectivity index (χ3n) is 3.86. The molecule has 0 aliphatic rings. The molecule has 0 aliphatic heterocycles. The summed E-state index contributed by atoms with van der Waals surface area (Å²) in [4.78, 5) is 10.5. The van der Waals surface area contributed by atoms with E-state index in [9.17, 15) is 10.1 Å². The van der Waals surface area contributed by atoms with E-state index in [4.69, 9.17) is 4.42 Å². The minimum atomic E-state index is -0.407. The lowest BCUT2D eigenvalue weighted by Crippen LogP contribution is -1.89. The highest BCUT2D eigenvalue weighted by Crippen LogP contribution is 2.37. The molecule has 0 aliphatic carbocycles. The predicted molar refractivity (Wildman–Crippen MR) is 93.5 cm³/mol. The molecule has 0 bridgehead atoms. The van der Waals surface area contributed by atoms with Gasteiger partial charge in [-0.3, -0.25) is 10.1 Å². The van der Waals surface area contributed by atoms with E-state index in [1.807, 2.05) is 42.5 Å². The van der Waals surface area contributed by atoms with Gasteiger partial charge in [0.25, 0.3) is 5.69 Å². The Balaban J connectivity index is 1.99. The van der Waals surface area contributed by atoms with Crippen molar-refractivity contribution in [1.82, 2.24) is 0 Å². The molecule has 4 rings (SSSR count). The van der Waals surface area contributed by atoms with Gasteiger partial charge in [0.05, 0.1) is 9.40 Å². The maximum Gasteiger partial charge on any atom is 0.283 e. The molecule has 0 spiro atoms. The number of rotatable bonds is 2. The predicted octanol–water partition coefficient (Wildman–Crippen LogP) is 5.92. The van der Waals surface area contributed by atoms with Crippen molar-refractivity contribution in [2.24, 2.45) is 0 Å². The second-order valence-electron chi connectivity index (χ2n) is 5.20. The Morgan fingerprint density at radius 3 is 2.52 bits per heavy atom. The fourth-order valence-corrected chi connectivity index (χ4v) is 3.32. The van der Waals surface area contributed by atoms with Crippen molar-refractivity contribution in [3.63, 3.8) is 0 Å². The lowest BCUT2D eigenvalue weighted by molar-refractivity contribution is -0.385. The van der Waals surface area contributed by atoms with E-state index in [0.717, 1.165) is 33.1 Å². The van der Waals surface area contributed by atoms with E-state index in [0.29, 0.717) is 4.47 Å². The molecule has 0 saturated carbocycles. The van der Waals surface area contributed by atoms with E-state index < -0.39 is 4.92 Å². The van der Waals surface area contributed by atoms with Crippen molar-refractivity contribution in [2.45, 2.75) is 0 Å². The van der Waals surface area contributed by atoms with E-state index in [1.54, 1.807) is 12.1 Å². The SMILES string of the molecule is O=[N+]([O-])c1ccc(-c2cccc3c2oc2ccccc23)cc1Br. The number of para-hydroxylation sites is 2. The molecule has 5 heteroatoms. The summed E-state index contributed by atoms with van der Waals surface area (Å²) in [6.07, 6.45) is 0. The number of hydrogen-bond donors (Lipinski definition) is 0. The van der Waals surface area contributed by atoms with E-state index >= 15 is 0 Å². The molecule has 0 saturated heterocycles. The standard InChI is InChI=1S/C18H10BrNO3/c19-15-10-11(8-9-16(15)20(21)22)12-5-3-6-14-13-4-1-2-7-17(13)23-18(12)14/h1-10H. The second-order valence-corrected chi connectivity index (χ2v) is 6.06. The fraction of sp³-hybridized carbons (Fsp3) is 0. The maximum atomic E-state index is 11.0. The largest absolute Gasteiger partial charge is 0.455 e. The molecule has 112 valence electrons. The van der Waals surface area contributed by atoms with Crippen LogP contribution in [0, 0.1) is 10.1 Å². The third kappa shape index (κ3) is 2.21. The summed E-state index contributed by atoms with van der Waals surface area (Å²) in [5.41, 5.74) is 3.44. The van der Waals surface area contributed by atoms with Gasteiger partial charge in [-0.1, -0.05) is 36.4 Å². The van der Waals surface area contributed by atoms with Gasteiger partial charge >= 0.3 is 0 Å². The lowest BCUT2D eigenvalue weighted by atomic mass is 10.0. The molecular weight excluding hydrogens is 358 g/mol. The van der Waals surface area contributed by atoms with Crippen LogP contribution in [0.4, 0.5) is 5.69 Å². The topological polar surface area (TPSA) is 56.3 Å². The fourth-order valence-electron chi connectivity index (χ4n) is 2.80. The number of nitro groups is 1. The van der Waals surface area contributed by atoms with E-state index in [1.165, 1.54) is 6.07 Å². The van der Waals surface area contributed by atoms with Crippen LogP contribution in [0.5, 0.6) is 0 Å². The molecule has 4 aromatic rings. The van der Waals surface area contributed by atoms with Gasteiger partial charge in [0.1, 0.15) is 11.2 Å². The molecule has 23 heavy (non-hydrogen) atoms. The number of halogens is 1. The quantitative estimate of drug-likeness (QED) is 0.326. The van der Waals surface area contributed by atoms with Gasteiger partial charge in [-0.05, 0) is 39.7 Å². The summed E-state index contributed by atoms with van der Waals surface area (Å²) in [7, 11) is 0. The van der Waals surface area contributed by atoms with Gasteiger partial charge < -0.3 is 4.42 Å². The Labute approximate surface area is 139 Å². The van der Waals surface area contributed by atoms with E-state index in [2.05, 4.69) is 15.9 Å². The summed E-state index contributed by atoms with van der Waals surface area (Å²) in [5, 5.41) is 13.1. The number of furan rings is 1. The van der Waals surface area contributed by atoms with Gasteiger partial charge in [0.15, 0.2) is 0 Å². The van der Waals surface area contributed by atoms with Crippen LogP contribution in [0.25, 0.3) is 33.1 Å². The molecule has 0 unspecified atom stereocenters. The molecule has 0 atom stereocenters. The van der Waals surface area contributed by atoms with Crippen molar-refractivity contribution in [3.8, 4) is 11.1 Å². The van der Waals surface area contributed by atoms with Gasteiger partial charge in [-0.25, -0.2) is 0 Å². The number of hydrogen-bond acceptors (Lipinski definition) is 3. The molecule has 3 aromatic carbocycles. The van der Waals surface area contributed by atoms with Crippen LogP contribution in [-0.2, 0) is 0 Å². The number of nitro benzene ring substituents is 1. The smallest absolute Gasteiger partial charge is 0.283 e. The Hall–Kier alpha value is -2.66. The van der Waals surface area contributed by atoms with Crippen molar-refractivity contribution in [3.05, 3.63) is 75.3 Å². The summed E-state index contributed by atoms with van der Waals surface area (Å²) in [6, 6.07) is 18.8. The molecule has 0 N–H and O–H groups in total. The van der Waals surface area contributed by atoms with E-state index in [-0.39, 0.29) is 5.69 Å². The zero-order valence-corrected chi connectivity index (χ0v) is 13.4. The zero-order chi connectivity index (χ0) is 16.0. The van der Waals surface area contributed by atoms with Crippen LogP contribution >= 0.6 is 15.9 Å². The Kier molecular flexibility index (Phi) is 3.16. The molecule has 0 amide bonds. The highest BCUT2D eigenvalue weighted by molar-refractivity contribution is 9.10. The molecule has 1 aromatic heterocycles. The monoisotopic (exact) mass is 367 g/mol. The van der Waals surface area contributed by atoms with Crippen molar-refractivity contribution < 1.29 is 9.34 Å². The normalized spacial score (nSPS) is 11.2. The minimum absolute atomic E-state index is 0.0468. The van der Waals surface area contributed by atoms with Crippen LogP contribution in [0.1, 0.15) is 0 Å². The summed E-state index contributed by atoms with van der Waals surface area (Å²) in [6.45, 7) is 0. The highest BCUT2D eigenvalue weighted by Gasteiger charge is 2.15. The van der Waals surface area contributed by atoms with Crippen LogP contribution < -0.4 is 0 Å². The van der Waals surface area contributed by atoms with Crippen LogP contribution in [0.3, 0.4) is 0 Å². The first kappa shape index (κ1) is 14.0. The zero-order valence-electron chi connectivity index (χ0n) is 11.8. The number of fused-ring (bicyclic) bond motifs is 3. The van der Waals surface area contributed by atoms with Crippen molar-refractivity contribution in [2.75, 3.05) is 0 Å². The molecule has 0 radical (unpaired) electrons. The molecule has 1 heterocycles. The first-order chi connectivity index (χ1) is 11.1. The Morgan fingerprint density at radius 2 is 1.74 bits per heavy atom. The van der Waals surface area contributed by atoms with Gasteiger partial charge in [0.2, 0.25) is 0 Å². The minimum Gasteiger partial charge on any atom is -0.455 e. The first-order valence-corrected chi connectivity index (χ1v) is 7.79. The Bertz CT molecular complexity index is 1070. The summed E-state index contributed by atoms with van der Waals surface area (Å²) in [5.74, 6) is 0. The first-order valence-electron chi connectivity index (χ1n) is 7.00. The number of benzene rings is 3. The second kappa shape index (κ2) is 5.21. The summed E-state index contributed by atoms with van der Waals surface area (Å²) < 4.78 is 6.46. The van der Waals surface area contributed by atoms with Crippen LogP contribution in [0.2, 0.25) is 0 Å². The average Bonchev–Trinajstić information content (AvgIpc) is 2.93. The number of nitrogens with zero attached hydrogens (tertiary/aromatic N) is 1. The molecule has 0 fully saturated rings. The highest BCUT2D eigenvalue weighted by atomic mass is 79.9. The third-order valence-corrected chi connectivity index (χ3v) is 4.49. The molecular formula is C18H10BrNO3. The van der Waals surface area contributed by atoms with Gasteiger partial charge in [-0.2, -0.15) is 0 Å².